The van der Waals surface area contributed by atoms with Gasteiger partial charge in [0, 0.05) is 4.88 Å². The normalized spacial score (nSPS) is 15.1. The van der Waals surface area contributed by atoms with Gasteiger partial charge in [0.2, 0.25) is 0 Å². The monoisotopic (exact) mass is 396 g/mol. The van der Waals surface area contributed by atoms with Gasteiger partial charge in [-0.15, -0.1) is 22.7 Å². The number of benzene rings is 1. The Morgan fingerprint density at radius 1 is 1.22 bits per heavy atom. The third kappa shape index (κ3) is 2.90. The van der Waals surface area contributed by atoms with Crippen LogP contribution < -0.4 is 5.56 Å². The number of rotatable bonds is 4. The van der Waals surface area contributed by atoms with E-state index >= 15 is 0 Å². The van der Waals surface area contributed by atoms with Gasteiger partial charge in [-0.1, -0.05) is 12.1 Å². The minimum Gasteiger partial charge on any atom is -0.309 e. The Labute approximate surface area is 164 Å². The molecule has 0 bridgehead atoms. The molecule has 0 spiro atoms. The highest BCUT2D eigenvalue weighted by Gasteiger charge is 2.22. The Morgan fingerprint density at radius 2 is 2.07 bits per heavy atom. The van der Waals surface area contributed by atoms with E-state index in [9.17, 15) is 4.79 Å². The van der Waals surface area contributed by atoms with E-state index in [-0.39, 0.29) is 11.6 Å². The van der Waals surface area contributed by atoms with Crippen molar-refractivity contribution in [2.24, 2.45) is 0 Å². The van der Waals surface area contributed by atoms with E-state index in [0.29, 0.717) is 6.54 Å². The number of hydrogen-bond donors (Lipinski definition) is 1. The standard InChI is InChI=1S/C20H20N4OS2/c1-11(19-21-13-7-3-4-8-15(13)27-19)24(2)10-16-22-18(25)17-12-6-5-9-14(12)26-20(17)23-16/h3-4,7-8,11H,5-6,9-10H2,1-2H3,(H,22,23,25)/t11-/m0/s1. The second-order valence-corrected chi connectivity index (χ2v) is 9.31. The average molecular weight is 397 g/mol. The molecular weight excluding hydrogens is 376 g/mol. The number of thiophene rings is 1. The molecule has 0 amide bonds. The van der Waals surface area contributed by atoms with Crippen molar-refractivity contribution < 1.29 is 0 Å². The molecule has 3 aromatic heterocycles. The molecule has 0 aliphatic heterocycles. The van der Waals surface area contributed by atoms with Crippen molar-refractivity contribution in [2.75, 3.05) is 7.05 Å². The topological polar surface area (TPSA) is 61.9 Å². The zero-order chi connectivity index (χ0) is 18.5. The third-order valence-electron chi connectivity index (χ3n) is 5.35. The molecular formula is C20H20N4OS2. The van der Waals surface area contributed by atoms with Gasteiger partial charge in [0.05, 0.1) is 28.2 Å². The molecule has 4 aromatic rings. The molecule has 5 nitrogen and oxygen atoms in total. The molecule has 0 fully saturated rings. The molecule has 138 valence electrons. The summed E-state index contributed by atoms with van der Waals surface area (Å²) in [6.45, 7) is 2.73. The van der Waals surface area contributed by atoms with Crippen molar-refractivity contribution >= 4 is 43.1 Å². The van der Waals surface area contributed by atoms with E-state index in [1.807, 2.05) is 18.2 Å². The number of nitrogens with zero attached hydrogens (tertiary/aromatic N) is 3. The van der Waals surface area contributed by atoms with Gasteiger partial charge in [-0.25, -0.2) is 9.97 Å². The van der Waals surface area contributed by atoms with Crippen LogP contribution in [0.2, 0.25) is 0 Å². The van der Waals surface area contributed by atoms with E-state index in [1.165, 1.54) is 15.1 Å². The van der Waals surface area contributed by atoms with Crippen LogP contribution in [-0.4, -0.2) is 26.9 Å². The van der Waals surface area contributed by atoms with Crippen LogP contribution in [0.5, 0.6) is 0 Å². The average Bonchev–Trinajstić information content (AvgIpc) is 3.33. The maximum absolute atomic E-state index is 12.6. The van der Waals surface area contributed by atoms with Crippen LogP contribution >= 0.6 is 22.7 Å². The summed E-state index contributed by atoms with van der Waals surface area (Å²) >= 11 is 3.41. The summed E-state index contributed by atoms with van der Waals surface area (Å²) in [6, 6.07) is 8.36. The first kappa shape index (κ1) is 17.0. The van der Waals surface area contributed by atoms with Crippen molar-refractivity contribution in [3.05, 3.63) is 55.9 Å². The molecule has 0 saturated heterocycles. The molecule has 1 aliphatic carbocycles. The molecule has 3 heterocycles. The third-order valence-corrected chi connectivity index (χ3v) is 7.74. The maximum atomic E-state index is 12.6. The van der Waals surface area contributed by atoms with Crippen molar-refractivity contribution in [2.45, 2.75) is 38.8 Å². The summed E-state index contributed by atoms with van der Waals surface area (Å²) in [5, 5.41) is 1.90. The summed E-state index contributed by atoms with van der Waals surface area (Å²) < 4.78 is 1.20. The molecule has 1 N–H and O–H groups in total. The minimum absolute atomic E-state index is 0.00967. The molecule has 1 aromatic carbocycles. The fourth-order valence-corrected chi connectivity index (χ4v) is 6.12. The lowest BCUT2D eigenvalue weighted by Gasteiger charge is -2.22. The Hall–Kier alpha value is -2.09. The van der Waals surface area contributed by atoms with Gasteiger partial charge < -0.3 is 4.98 Å². The van der Waals surface area contributed by atoms with Gasteiger partial charge in [-0.2, -0.15) is 0 Å². The SMILES string of the molecule is C[C@@H](c1nc2ccccc2s1)N(C)Cc1nc2sc3c(c2c(=O)[nH]1)CCC3. The lowest BCUT2D eigenvalue weighted by molar-refractivity contribution is 0.246. The summed E-state index contributed by atoms with van der Waals surface area (Å²) in [7, 11) is 2.05. The van der Waals surface area contributed by atoms with Crippen LogP contribution in [0.3, 0.4) is 0 Å². The summed E-state index contributed by atoms with van der Waals surface area (Å²) in [5.41, 5.74) is 2.28. The largest absolute Gasteiger partial charge is 0.309 e. The van der Waals surface area contributed by atoms with Gasteiger partial charge in [-0.05, 0) is 50.9 Å². The fourth-order valence-electron chi connectivity index (χ4n) is 3.75. The predicted molar refractivity (Wildman–Crippen MR) is 112 cm³/mol. The van der Waals surface area contributed by atoms with Crippen LogP contribution in [0.1, 0.15) is 40.7 Å². The Kier molecular flexibility index (Phi) is 4.11. The first-order valence-corrected chi connectivity index (χ1v) is 10.8. The number of aromatic amines is 1. The first-order chi connectivity index (χ1) is 13.1. The number of fused-ring (bicyclic) bond motifs is 4. The smallest absolute Gasteiger partial charge is 0.259 e. The number of nitrogens with one attached hydrogen (secondary N) is 1. The Balaban J connectivity index is 1.43. The number of aryl methyl sites for hydroxylation is 2. The highest BCUT2D eigenvalue weighted by molar-refractivity contribution is 7.19. The van der Waals surface area contributed by atoms with E-state index < -0.39 is 0 Å². The molecule has 1 atom stereocenters. The van der Waals surface area contributed by atoms with Gasteiger partial charge >= 0.3 is 0 Å². The summed E-state index contributed by atoms with van der Waals surface area (Å²) in [4.78, 5) is 29.6. The molecule has 5 rings (SSSR count). The minimum atomic E-state index is 0.00967. The second kappa shape index (κ2) is 6.51. The zero-order valence-corrected chi connectivity index (χ0v) is 16.9. The van der Waals surface area contributed by atoms with Gasteiger partial charge in [0.25, 0.3) is 5.56 Å². The van der Waals surface area contributed by atoms with Crippen LogP contribution in [0.15, 0.2) is 29.1 Å². The van der Waals surface area contributed by atoms with Crippen molar-refractivity contribution in [3.8, 4) is 0 Å². The first-order valence-electron chi connectivity index (χ1n) is 9.19. The molecule has 7 heteroatoms. The quantitative estimate of drug-likeness (QED) is 0.559. The van der Waals surface area contributed by atoms with Crippen LogP contribution in [0.25, 0.3) is 20.4 Å². The van der Waals surface area contributed by atoms with Gasteiger partial charge in [0.15, 0.2) is 0 Å². The fraction of sp³-hybridized carbons (Fsp3) is 0.350. The van der Waals surface area contributed by atoms with Gasteiger partial charge in [0.1, 0.15) is 15.7 Å². The van der Waals surface area contributed by atoms with Crippen LogP contribution in [0.4, 0.5) is 0 Å². The van der Waals surface area contributed by atoms with E-state index in [4.69, 9.17) is 9.97 Å². The molecule has 27 heavy (non-hydrogen) atoms. The highest BCUT2D eigenvalue weighted by atomic mass is 32.1. The van der Waals surface area contributed by atoms with Crippen molar-refractivity contribution in [3.63, 3.8) is 0 Å². The lowest BCUT2D eigenvalue weighted by atomic mass is 10.2. The van der Waals surface area contributed by atoms with E-state index in [1.54, 1.807) is 22.7 Å². The number of thiazole rings is 1. The summed E-state index contributed by atoms with van der Waals surface area (Å²) in [5.74, 6) is 0.725. The van der Waals surface area contributed by atoms with Crippen LogP contribution in [0, 0.1) is 0 Å². The van der Waals surface area contributed by atoms with E-state index in [2.05, 4.69) is 29.9 Å². The second-order valence-electron chi connectivity index (χ2n) is 7.16. The summed E-state index contributed by atoms with van der Waals surface area (Å²) in [6.07, 6.45) is 3.24. The number of H-pyrrole nitrogens is 1. The lowest BCUT2D eigenvalue weighted by Crippen LogP contribution is -2.24. The zero-order valence-electron chi connectivity index (χ0n) is 15.3. The predicted octanol–water partition coefficient (Wildman–Crippen LogP) is 4.28. The van der Waals surface area contributed by atoms with Crippen molar-refractivity contribution in [1.82, 2.24) is 19.9 Å². The maximum Gasteiger partial charge on any atom is 0.259 e. The molecule has 0 radical (unpaired) electrons. The highest BCUT2D eigenvalue weighted by Crippen LogP contribution is 2.34. The van der Waals surface area contributed by atoms with Gasteiger partial charge in [-0.3, -0.25) is 9.69 Å². The Morgan fingerprint density at radius 3 is 2.93 bits per heavy atom. The Bertz CT molecular complexity index is 1170. The number of hydrogen-bond acceptors (Lipinski definition) is 6. The number of para-hydroxylation sites is 1. The molecule has 0 unspecified atom stereocenters. The van der Waals surface area contributed by atoms with E-state index in [0.717, 1.165) is 45.8 Å². The van der Waals surface area contributed by atoms with Crippen LogP contribution in [-0.2, 0) is 19.4 Å². The van der Waals surface area contributed by atoms with Crippen molar-refractivity contribution in [1.29, 1.82) is 0 Å². The number of aromatic nitrogens is 3. The molecule has 0 saturated carbocycles. The molecule has 1 aliphatic rings.